The zero-order chi connectivity index (χ0) is 14.4. The third kappa shape index (κ3) is 3.31. The van der Waals surface area contributed by atoms with E-state index in [0.717, 1.165) is 30.2 Å². The van der Waals surface area contributed by atoms with Crippen LogP contribution in [0.5, 0.6) is 11.5 Å². The molecule has 2 aromatic carbocycles. The van der Waals surface area contributed by atoms with Crippen LogP contribution in [0.3, 0.4) is 0 Å². The average molecular weight is 271 g/mol. The van der Waals surface area contributed by atoms with E-state index < -0.39 is 0 Å². The molecule has 0 fully saturated rings. The van der Waals surface area contributed by atoms with Gasteiger partial charge in [0, 0.05) is 12.6 Å². The molecular formula is C17H21NO2. The molecule has 0 aliphatic heterocycles. The Balaban J connectivity index is 2.44. The molecule has 0 bridgehead atoms. The monoisotopic (exact) mass is 271 g/mol. The molecule has 0 atom stereocenters. The zero-order valence-corrected chi connectivity index (χ0v) is 12.3. The van der Waals surface area contributed by atoms with Crippen molar-refractivity contribution in [1.29, 1.82) is 0 Å². The molecule has 3 nitrogen and oxygen atoms in total. The predicted molar refractivity (Wildman–Crippen MR) is 82.4 cm³/mol. The summed E-state index contributed by atoms with van der Waals surface area (Å²) in [6.07, 6.45) is 0. The van der Waals surface area contributed by atoms with Crippen molar-refractivity contribution < 1.29 is 9.47 Å². The summed E-state index contributed by atoms with van der Waals surface area (Å²) in [7, 11) is 3.34. The Morgan fingerprint density at radius 3 is 2.20 bits per heavy atom. The standard InChI is InChI=1S/C17H21NO2/c1-4-18-12-13-7-5-6-8-17(13)14-9-15(19-2)11-16(10-14)20-3/h5-11,18H,4,12H2,1-3H3. The minimum absolute atomic E-state index is 0.803. The summed E-state index contributed by atoms with van der Waals surface area (Å²) < 4.78 is 10.7. The van der Waals surface area contributed by atoms with Gasteiger partial charge in [-0.1, -0.05) is 31.2 Å². The van der Waals surface area contributed by atoms with Crippen molar-refractivity contribution in [2.75, 3.05) is 20.8 Å². The van der Waals surface area contributed by atoms with Crippen LogP contribution in [-0.4, -0.2) is 20.8 Å². The fraction of sp³-hybridized carbons (Fsp3) is 0.294. The molecule has 0 aliphatic rings. The van der Waals surface area contributed by atoms with E-state index in [-0.39, 0.29) is 0 Å². The summed E-state index contributed by atoms with van der Waals surface area (Å²) >= 11 is 0. The third-order valence-electron chi connectivity index (χ3n) is 3.25. The highest BCUT2D eigenvalue weighted by atomic mass is 16.5. The minimum atomic E-state index is 0.803. The molecule has 1 N–H and O–H groups in total. The van der Waals surface area contributed by atoms with Crippen LogP contribution in [-0.2, 0) is 6.54 Å². The second-order valence-corrected chi connectivity index (χ2v) is 4.54. The molecule has 2 rings (SSSR count). The van der Waals surface area contributed by atoms with Gasteiger partial charge in [-0.05, 0) is 35.4 Å². The lowest BCUT2D eigenvalue weighted by Gasteiger charge is -2.13. The first-order valence-corrected chi connectivity index (χ1v) is 6.80. The van der Waals surface area contributed by atoms with Crippen LogP contribution < -0.4 is 14.8 Å². The van der Waals surface area contributed by atoms with Crippen molar-refractivity contribution >= 4 is 0 Å². The summed E-state index contributed by atoms with van der Waals surface area (Å²) in [4.78, 5) is 0. The van der Waals surface area contributed by atoms with Gasteiger partial charge in [0.25, 0.3) is 0 Å². The number of hydrogen-bond donors (Lipinski definition) is 1. The van der Waals surface area contributed by atoms with Gasteiger partial charge >= 0.3 is 0 Å². The van der Waals surface area contributed by atoms with Gasteiger partial charge in [-0.15, -0.1) is 0 Å². The Kier molecular flexibility index (Phi) is 5.02. The van der Waals surface area contributed by atoms with Gasteiger partial charge in [-0.25, -0.2) is 0 Å². The van der Waals surface area contributed by atoms with Crippen LogP contribution in [0.4, 0.5) is 0 Å². The van der Waals surface area contributed by atoms with Gasteiger partial charge in [0.2, 0.25) is 0 Å². The Bertz CT molecular complexity index is 544. The molecule has 0 spiro atoms. The Morgan fingerprint density at radius 2 is 1.60 bits per heavy atom. The third-order valence-corrected chi connectivity index (χ3v) is 3.25. The van der Waals surface area contributed by atoms with E-state index >= 15 is 0 Å². The van der Waals surface area contributed by atoms with Crippen molar-refractivity contribution in [3.05, 3.63) is 48.0 Å². The fourth-order valence-electron chi connectivity index (χ4n) is 2.18. The Morgan fingerprint density at radius 1 is 0.950 bits per heavy atom. The van der Waals surface area contributed by atoms with Crippen molar-refractivity contribution in [1.82, 2.24) is 5.32 Å². The molecular weight excluding hydrogens is 250 g/mol. The van der Waals surface area contributed by atoms with Crippen LogP contribution in [0, 0.1) is 0 Å². The lowest BCUT2D eigenvalue weighted by molar-refractivity contribution is 0.394. The van der Waals surface area contributed by atoms with Gasteiger partial charge in [-0.2, -0.15) is 0 Å². The predicted octanol–water partition coefficient (Wildman–Crippen LogP) is 3.48. The van der Waals surface area contributed by atoms with Crippen LogP contribution in [0.2, 0.25) is 0 Å². The van der Waals surface area contributed by atoms with Crippen molar-refractivity contribution in [3.63, 3.8) is 0 Å². The van der Waals surface area contributed by atoms with Crippen LogP contribution in [0.1, 0.15) is 12.5 Å². The molecule has 2 aromatic rings. The van der Waals surface area contributed by atoms with Gasteiger partial charge in [0.15, 0.2) is 0 Å². The summed E-state index contributed by atoms with van der Waals surface area (Å²) in [6.45, 7) is 3.92. The van der Waals surface area contributed by atoms with E-state index in [1.54, 1.807) is 14.2 Å². The van der Waals surface area contributed by atoms with E-state index in [9.17, 15) is 0 Å². The quantitative estimate of drug-likeness (QED) is 0.872. The van der Waals surface area contributed by atoms with E-state index in [2.05, 4.69) is 36.5 Å². The highest BCUT2D eigenvalue weighted by Gasteiger charge is 2.08. The molecule has 0 unspecified atom stereocenters. The molecule has 0 saturated carbocycles. The molecule has 106 valence electrons. The maximum Gasteiger partial charge on any atom is 0.123 e. The lowest BCUT2D eigenvalue weighted by Crippen LogP contribution is -2.12. The maximum absolute atomic E-state index is 5.34. The number of ether oxygens (including phenoxy) is 2. The highest BCUT2D eigenvalue weighted by Crippen LogP contribution is 2.31. The fourth-order valence-corrected chi connectivity index (χ4v) is 2.18. The highest BCUT2D eigenvalue weighted by molar-refractivity contribution is 5.70. The summed E-state index contributed by atoms with van der Waals surface area (Å²) in [5.74, 6) is 1.61. The van der Waals surface area contributed by atoms with Crippen molar-refractivity contribution in [2.24, 2.45) is 0 Å². The van der Waals surface area contributed by atoms with Crippen molar-refractivity contribution in [2.45, 2.75) is 13.5 Å². The molecule has 0 saturated heterocycles. The van der Waals surface area contributed by atoms with Gasteiger partial charge in [0.05, 0.1) is 14.2 Å². The van der Waals surface area contributed by atoms with Crippen LogP contribution in [0.15, 0.2) is 42.5 Å². The van der Waals surface area contributed by atoms with Crippen LogP contribution >= 0.6 is 0 Å². The maximum atomic E-state index is 5.34. The number of rotatable bonds is 6. The summed E-state index contributed by atoms with van der Waals surface area (Å²) in [6, 6.07) is 14.3. The summed E-state index contributed by atoms with van der Waals surface area (Å²) in [5.41, 5.74) is 3.57. The molecule has 0 heterocycles. The Hall–Kier alpha value is -2.00. The largest absolute Gasteiger partial charge is 0.497 e. The van der Waals surface area contributed by atoms with Crippen molar-refractivity contribution in [3.8, 4) is 22.6 Å². The second-order valence-electron chi connectivity index (χ2n) is 4.54. The first-order valence-electron chi connectivity index (χ1n) is 6.80. The SMILES string of the molecule is CCNCc1ccccc1-c1cc(OC)cc(OC)c1. The average Bonchev–Trinajstić information content (AvgIpc) is 2.52. The molecule has 20 heavy (non-hydrogen) atoms. The van der Waals surface area contributed by atoms with E-state index in [1.807, 2.05) is 18.2 Å². The molecule has 0 amide bonds. The second kappa shape index (κ2) is 6.96. The molecule has 0 aromatic heterocycles. The minimum Gasteiger partial charge on any atom is -0.497 e. The Labute approximate surface area is 120 Å². The molecule has 3 heteroatoms. The first kappa shape index (κ1) is 14.4. The summed E-state index contributed by atoms with van der Waals surface area (Å²) in [5, 5.41) is 3.37. The molecule has 0 radical (unpaired) electrons. The van der Waals surface area contributed by atoms with E-state index in [1.165, 1.54) is 11.1 Å². The number of nitrogens with one attached hydrogen (secondary N) is 1. The van der Waals surface area contributed by atoms with E-state index in [0.29, 0.717) is 0 Å². The molecule has 0 aliphatic carbocycles. The zero-order valence-electron chi connectivity index (χ0n) is 12.3. The lowest BCUT2D eigenvalue weighted by atomic mass is 9.99. The van der Waals surface area contributed by atoms with Gasteiger partial charge in [0.1, 0.15) is 11.5 Å². The van der Waals surface area contributed by atoms with E-state index in [4.69, 9.17) is 9.47 Å². The van der Waals surface area contributed by atoms with Gasteiger partial charge in [-0.3, -0.25) is 0 Å². The number of hydrogen-bond acceptors (Lipinski definition) is 3. The normalized spacial score (nSPS) is 10.3. The van der Waals surface area contributed by atoms with Crippen LogP contribution in [0.25, 0.3) is 11.1 Å². The van der Waals surface area contributed by atoms with Gasteiger partial charge < -0.3 is 14.8 Å². The topological polar surface area (TPSA) is 30.5 Å². The smallest absolute Gasteiger partial charge is 0.123 e. The number of benzene rings is 2. The first-order chi connectivity index (χ1) is 9.78. The number of methoxy groups -OCH3 is 2.